The highest BCUT2D eigenvalue weighted by molar-refractivity contribution is 5.93. The van der Waals surface area contributed by atoms with Crippen molar-refractivity contribution in [2.45, 2.75) is 6.92 Å². The van der Waals surface area contributed by atoms with E-state index in [2.05, 4.69) is 30.2 Å². The molecule has 0 atom stereocenters. The summed E-state index contributed by atoms with van der Waals surface area (Å²) in [6, 6.07) is 6.87. The Kier molecular flexibility index (Phi) is 4.52. The van der Waals surface area contributed by atoms with E-state index in [-0.39, 0.29) is 0 Å². The maximum atomic E-state index is 13.5. The molecule has 8 heteroatoms. The molecule has 3 aromatic heterocycles. The Morgan fingerprint density at radius 2 is 1.96 bits per heavy atom. The van der Waals surface area contributed by atoms with Gasteiger partial charge in [-0.3, -0.25) is 9.97 Å². The predicted molar refractivity (Wildman–Crippen MR) is 99.2 cm³/mol. The van der Waals surface area contributed by atoms with Gasteiger partial charge in [0.2, 0.25) is 0 Å². The number of halogens is 1. The van der Waals surface area contributed by atoms with Gasteiger partial charge in [0.15, 0.2) is 5.82 Å². The van der Waals surface area contributed by atoms with E-state index in [0.717, 1.165) is 11.6 Å². The lowest BCUT2D eigenvalue weighted by Gasteiger charge is -2.12. The van der Waals surface area contributed by atoms with Crippen molar-refractivity contribution in [3.05, 3.63) is 61.1 Å². The fourth-order valence-corrected chi connectivity index (χ4v) is 2.61. The van der Waals surface area contributed by atoms with E-state index in [9.17, 15) is 4.39 Å². The highest BCUT2D eigenvalue weighted by atomic mass is 19.1. The molecule has 0 radical (unpaired) electrons. The van der Waals surface area contributed by atoms with E-state index in [1.54, 1.807) is 18.6 Å². The summed E-state index contributed by atoms with van der Waals surface area (Å²) in [5.74, 6) is 1.16. The molecule has 0 bridgehead atoms. The number of hydrogen-bond acceptors (Lipinski definition) is 7. The van der Waals surface area contributed by atoms with Gasteiger partial charge in [-0.05, 0) is 25.1 Å². The van der Waals surface area contributed by atoms with Crippen LogP contribution in [0.25, 0.3) is 22.4 Å². The number of rotatable bonds is 5. The van der Waals surface area contributed by atoms with Gasteiger partial charge in [-0.2, -0.15) is 0 Å². The number of benzene rings is 1. The average Bonchev–Trinajstić information content (AvgIpc) is 2.69. The van der Waals surface area contributed by atoms with Crippen LogP contribution in [0.4, 0.5) is 15.9 Å². The number of nitrogens with one attached hydrogen (secondary N) is 1. The first kappa shape index (κ1) is 16.8. The summed E-state index contributed by atoms with van der Waals surface area (Å²) in [5.41, 5.74) is 1.71. The first-order valence-corrected chi connectivity index (χ1v) is 8.31. The minimum atomic E-state index is -0.442. The Labute approximate surface area is 154 Å². The molecule has 0 saturated carbocycles. The van der Waals surface area contributed by atoms with Crippen LogP contribution in [0, 0.1) is 5.82 Å². The van der Waals surface area contributed by atoms with Crippen LogP contribution in [0.5, 0.6) is 5.75 Å². The number of hydrogen-bond donors (Lipinski definition) is 1. The molecule has 0 amide bonds. The van der Waals surface area contributed by atoms with Crippen LogP contribution in [0.1, 0.15) is 6.92 Å². The van der Waals surface area contributed by atoms with Crippen molar-refractivity contribution in [2.24, 2.45) is 0 Å². The van der Waals surface area contributed by atoms with Crippen LogP contribution in [-0.2, 0) is 0 Å². The fourth-order valence-electron chi connectivity index (χ4n) is 2.61. The third kappa shape index (κ3) is 3.64. The Morgan fingerprint density at radius 3 is 2.74 bits per heavy atom. The van der Waals surface area contributed by atoms with Crippen LogP contribution < -0.4 is 10.1 Å². The molecule has 0 aliphatic carbocycles. The molecule has 0 spiro atoms. The molecule has 0 aliphatic rings. The van der Waals surface area contributed by atoms with Crippen LogP contribution in [0.3, 0.4) is 0 Å². The summed E-state index contributed by atoms with van der Waals surface area (Å²) in [4.78, 5) is 21.3. The SMILES string of the molecule is CCOc1ccc2nc(-c3cnccn3)nc(Nc3cncc(F)c3)c2c1. The summed E-state index contributed by atoms with van der Waals surface area (Å²) in [6.45, 7) is 2.45. The Hall–Kier alpha value is -3.68. The molecule has 4 aromatic rings. The van der Waals surface area contributed by atoms with Crippen molar-refractivity contribution in [1.29, 1.82) is 0 Å². The van der Waals surface area contributed by atoms with Gasteiger partial charge in [-0.1, -0.05) is 0 Å². The van der Waals surface area contributed by atoms with Crippen LogP contribution in [-0.4, -0.2) is 31.5 Å². The molecule has 134 valence electrons. The third-order valence-corrected chi connectivity index (χ3v) is 3.74. The zero-order valence-corrected chi connectivity index (χ0v) is 14.4. The molecular formula is C19H15FN6O. The summed E-state index contributed by atoms with van der Waals surface area (Å²) >= 11 is 0. The van der Waals surface area contributed by atoms with Gasteiger partial charge in [0, 0.05) is 23.8 Å². The molecule has 4 rings (SSSR count). The highest BCUT2D eigenvalue weighted by Gasteiger charge is 2.12. The largest absolute Gasteiger partial charge is 0.494 e. The van der Waals surface area contributed by atoms with Gasteiger partial charge in [-0.15, -0.1) is 0 Å². The zero-order valence-electron chi connectivity index (χ0n) is 14.4. The van der Waals surface area contributed by atoms with Crippen molar-refractivity contribution >= 4 is 22.4 Å². The Balaban J connectivity index is 1.87. The second kappa shape index (κ2) is 7.28. The minimum absolute atomic E-state index is 0.409. The number of nitrogens with zero attached hydrogens (tertiary/aromatic N) is 5. The average molecular weight is 362 g/mol. The van der Waals surface area contributed by atoms with Gasteiger partial charge in [0.1, 0.15) is 23.1 Å². The summed E-state index contributed by atoms with van der Waals surface area (Å²) < 4.78 is 19.1. The van der Waals surface area contributed by atoms with E-state index in [1.165, 1.54) is 12.3 Å². The standard InChI is InChI=1S/C19H15FN6O/c1-2-27-14-3-4-16-15(8-14)18(24-13-7-12(20)9-22-10-13)26-19(25-16)17-11-21-5-6-23-17/h3-11H,2H2,1H3,(H,24,25,26). The van der Waals surface area contributed by atoms with Crippen molar-refractivity contribution in [3.63, 3.8) is 0 Å². The smallest absolute Gasteiger partial charge is 0.182 e. The zero-order chi connectivity index (χ0) is 18.6. The van der Waals surface area contributed by atoms with E-state index < -0.39 is 5.82 Å². The van der Waals surface area contributed by atoms with Crippen LogP contribution in [0.15, 0.2) is 55.2 Å². The molecular weight excluding hydrogens is 347 g/mol. The van der Waals surface area contributed by atoms with Gasteiger partial charge in [0.25, 0.3) is 0 Å². The maximum absolute atomic E-state index is 13.5. The van der Waals surface area contributed by atoms with Crippen molar-refractivity contribution in [3.8, 4) is 17.3 Å². The van der Waals surface area contributed by atoms with E-state index in [1.807, 2.05) is 25.1 Å². The first-order valence-electron chi connectivity index (χ1n) is 8.31. The summed E-state index contributed by atoms with van der Waals surface area (Å²) in [6.07, 6.45) is 7.40. The molecule has 7 nitrogen and oxygen atoms in total. The topological polar surface area (TPSA) is 85.7 Å². The van der Waals surface area contributed by atoms with Gasteiger partial charge < -0.3 is 10.1 Å². The normalized spacial score (nSPS) is 10.7. The minimum Gasteiger partial charge on any atom is -0.494 e. The van der Waals surface area contributed by atoms with Crippen molar-refractivity contribution in [2.75, 3.05) is 11.9 Å². The maximum Gasteiger partial charge on any atom is 0.182 e. The quantitative estimate of drug-likeness (QED) is 0.578. The van der Waals surface area contributed by atoms with E-state index in [0.29, 0.717) is 40.9 Å². The van der Waals surface area contributed by atoms with E-state index >= 15 is 0 Å². The highest BCUT2D eigenvalue weighted by Crippen LogP contribution is 2.29. The van der Waals surface area contributed by atoms with Crippen LogP contribution in [0.2, 0.25) is 0 Å². The summed E-state index contributed by atoms with van der Waals surface area (Å²) in [7, 11) is 0. The summed E-state index contributed by atoms with van der Waals surface area (Å²) in [5, 5.41) is 3.84. The Bertz CT molecular complexity index is 1090. The Morgan fingerprint density at radius 1 is 1.04 bits per heavy atom. The molecule has 0 unspecified atom stereocenters. The fraction of sp³-hybridized carbons (Fsp3) is 0.105. The molecule has 1 aromatic carbocycles. The number of fused-ring (bicyclic) bond motifs is 1. The molecule has 3 heterocycles. The van der Waals surface area contributed by atoms with Gasteiger partial charge in [-0.25, -0.2) is 19.3 Å². The molecule has 0 saturated heterocycles. The predicted octanol–water partition coefficient (Wildman–Crippen LogP) is 3.76. The number of aromatic nitrogens is 5. The van der Waals surface area contributed by atoms with Crippen LogP contribution >= 0.6 is 0 Å². The molecule has 0 aliphatic heterocycles. The van der Waals surface area contributed by atoms with Crippen molar-refractivity contribution in [1.82, 2.24) is 24.9 Å². The first-order chi connectivity index (χ1) is 13.2. The lowest BCUT2D eigenvalue weighted by Crippen LogP contribution is -2.01. The van der Waals surface area contributed by atoms with E-state index in [4.69, 9.17) is 4.74 Å². The molecule has 0 fully saturated rings. The van der Waals surface area contributed by atoms with Crippen molar-refractivity contribution < 1.29 is 9.13 Å². The van der Waals surface area contributed by atoms with Gasteiger partial charge >= 0.3 is 0 Å². The number of anilines is 2. The lowest BCUT2D eigenvalue weighted by molar-refractivity contribution is 0.340. The second-order valence-electron chi connectivity index (χ2n) is 5.62. The number of pyridine rings is 1. The second-order valence-corrected chi connectivity index (χ2v) is 5.62. The van der Waals surface area contributed by atoms with Gasteiger partial charge in [0.05, 0.1) is 36.4 Å². The lowest BCUT2D eigenvalue weighted by atomic mass is 10.2. The molecule has 27 heavy (non-hydrogen) atoms. The third-order valence-electron chi connectivity index (χ3n) is 3.74. The monoisotopic (exact) mass is 362 g/mol. The number of ether oxygens (including phenoxy) is 1. The molecule has 1 N–H and O–H groups in total.